The monoisotopic (exact) mass is 351 g/mol. The zero-order valence-corrected chi connectivity index (χ0v) is 13.4. The molecule has 0 atom stereocenters. The van der Waals surface area contributed by atoms with Crippen LogP contribution in [0.5, 0.6) is 0 Å². The van der Waals surface area contributed by atoms with E-state index in [4.69, 9.17) is 0 Å². The van der Waals surface area contributed by atoms with E-state index in [1.54, 1.807) is 30.6 Å². The number of amides is 1. The van der Waals surface area contributed by atoms with Crippen molar-refractivity contribution in [1.29, 1.82) is 0 Å². The van der Waals surface area contributed by atoms with E-state index < -0.39 is 16.4 Å². The number of hydrogen-bond acceptors (Lipinski definition) is 6. The molecule has 1 amide bonds. The van der Waals surface area contributed by atoms with Gasteiger partial charge < -0.3 is 5.32 Å². The summed E-state index contributed by atoms with van der Waals surface area (Å²) in [5.41, 5.74) is 0.538. The number of nitro benzene ring substituents is 1. The van der Waals surface area contributed by atoms with E-state index in [1.807, 2.05) is 0 Å². The number of para-hydroxylation sites is 2. The van der Waals surface area contributed by atoms with Gasteiger partial charge in [-0.25, -0.2) is 4.68 Å². The number of aromatic nitrogens is 3. The van der Waals surface area contributed by atoms with E-state index in [0.717, 1.165) is 4.68 Å². The summed E-state index contributed by atoms with van der Waals surface area (Å²) in [7, 11) is 0. The third-order valence-electron chi connectivity index (χ3n) is 3.49. The lowest BCUT2D eigenvalue weighted by molar-refractivity contribution is -0.383. The summed E-state index contributed by atoms with van der Waals surface area (Å²) in [6.07, 6.45) is 3.20. The van der Waals surface area contributed by atoms with Gasteiger partial charge in [0, 0.05) is 30.1 Å². The van der Waals surface area contributed by atoms with Crippen LogP contribution in [0.4, 0.5) is 11.4 Å². The third-order valence-corrected chi connectivity index (χ3v) is 3.49. The van der Waals surface area contributed by atoms with Gasteiger partial charge in [-0.15, -0.1) is 0 Å². The molecule has 26 heavy (non-hydrogen) atoms. The Morgan fingerprint density at radius 1 is 1.15 bits per heavy atom. The highest BCUT2D eigenvalue weighted by Crippen LogP contribution is 2.23. The van der Waals surface area contributed by atoms with Gasteiger partial charge in [0.05, 0.1) is 10.6 Å². The first-order chi connectivity index (χ1) is 12.5. The van der Waals surface area contributed by atoms with Crippen molar-refractivity contribution in [3.63, 3.8) is 0 Å². The molecule has 0 unspecified atom stereocenters. The molecule has 2 aromatic heterocycles. The Bertz CT molecular complexity index is 1020. The van der Waals surface area contributed by atoms with Crippen molar-refractivity contribution in [1.82, 2.24) is 14.8 Å². The topological polar surface area (TPSA) is 120 Å². The lowest BCUT2D eigenvalue weighted by Gasteiger charge is -2.08. The fourth-order valence-electron chi connectivity index (χ4n) is 2.29. The second-order valence-electron chi connectivity index (χ2n) is 5.28. The van der Waals surface area contributed by atoms with E-state index in [1.165, 1.54) is 30.3 Å². The van der Waals surface area contributed by atoms with E-state index in [2.05, 4.69) is 15.4 Å². The molecule has 0 radical (unpaired) electrons. The lowest BCUT2D eigenvalue weighted by atomic mass is 10.2. The van der Waals surface area contributed by atoms with Crippen LogP contribution in [0.2, 0.25) is 0 Å². The summed E-state index contributed by atoms with van der Waals surface area (Å²) in [5.74, 6) is -0.600. The molecule has 1 N–H and O–H groups in total. The molecule has 0 aliphatic rings. The smallest absolute Gasteiger partial charge is 0.292 e. The molecule has 2 heterocycles. The lowest BCUT2D eigenvalue weighted by Crippen LogP contribution is -2.29. The Morgan fingerprint density at radius 2 is 1.96 bits per heavy atom. The van der Waals surface area contributed by atoms with Crippen LogP contribution in [-0.2, 0) is 11.3 Å². The van der Waals surface area contributed by atoms with Gasteiger partial charge in [-0.2, -0.15) is 5.10 Å². The van der Waals surface area contributed by atoms with Crippen molar-refractivity contribution in [3.8, 4) is 11.3 Å². The van der Waals surface area contributed by atoms with E-state index in [9.17, 15) is 19.7 Å². The molecule has 9 heteroatoms. The summed E-state index contributed by atoms with van der Waals surface area (Å²) in [4.78, 5) is 38.6. The number of rotatable bonds is 5. The van der Waals surface area contributed by atoms with Crippen molar-refractivity contribution in [2.45, 2.75) is 6.54 Å². The summed E-state index contributed by atoms with van der Waals surface area (Å²) < 4.78 is 0.992. The van der Waals surface area contributed by atoms with Crippen LogP contribution in [0.15, 0.2) is 65.7 Å². The van der Waals surface area contributed by atoms with Crippen molar-refractivity contribution in [2.75, 3.05) is 5.32 Å². The molecule has 0 fully saturated rings. The number of pyridine rings is 1. The summed E-state index contributed by atoms with van der Waals surface area (Å²) in [5, 5.41) is 17.6. The first kappa shape index (κ1) is 17.0. The maximum atomic E-state index is 12.2. The minimum absolute atomic E-state index is 0.0546. The van der Waals surface area contributed by atoms with Crippen molar-refractivity contribution in [3.05, 3.63) is 81.4 Å². The van der Waals surface area contributed by atoms with Gasteiger partial charge in [0.1, 0.15) is 12.2 Å². The maximum absolute atomic E-state index is 12.2. The Morgan fingerprint density at radius 3 is 2.69 bits per heavy atom. The number of carbonyl (C=O) groups excluding carboxylic acids is 1. The third kappa shape index (κ3) is 3.78. The number of benzene rings is 1. The molecular formula is C17H13N5O4. The van der Waals surface area contributed by atoms with Gasteiger partial charge in [0.25, 0.3) is 11.2 Å². The van der Waals surface area contributed by atoms with Gasteiger partial charge in [-0.3, -0.25) is 24.7 Å². The first-order valence-electron chi connectivity index (χ1n) is 7.56. The number of nitrogens with one attached hydrogen (secondary N) is 1. The SMILES string of the molecule is O=C(Cn1nc(-c2cccnc2)ccc1=O)Nc1ccccc1[N+](=O)[O-]. The molecule has 0 bridgehead atoms. The van der Waals surface area contributed by atoms with Crippen LogP contribution >= 0.6 is 0 Å². The van der Waals surface area contributed by atoms with E-state index >= 15 is 0 Å². The van der Waals surface area contributed by atoms with Crippen LogP contribution in [0.1, 0.15) is 0 Å². The highest BCUT2D eigenvalue weighted by Gasteiger charge is 2.15. The van der Waals surface area contributed by atoms with E-state index in [-0.39, 0.29) is 17.9 Å². The normalized spacial score (nSPS) is 10.3. The minimum Gasteiger partial charge on any atom is -0.319 e. The average molecular weight is 351 g/mol. The Kier molecular flexibility index (Phi) is 4.79. The summed E-state index contributed by atoms with van der Waals surface area (Å²) >= 11 is 0. The minimum atomic E-state index is -0.600. The van der Waals surface area contributed by atoms with Gasteiger partial charge >= 0.3 is 0 Å². The molecule has 1 aromatic carbocycles. The van der Waals surface area contributed by atoms with E-state index in [0.29, 0.717) is 11.3 Å². The largest absolute Gasteiger partial charge is 0.319 e. The molecule has 3 rings (SSSR count). The molecule has 3 aromatic rings. The van der Waals surface area contributed by atoms with Gasteiger partial charge in [-0.05, 0) is 24.3 Å². The number of carbonyl (C=O) groups is 1. The molecular weight excluding hydrogens is 338 g/mol. The zero-order chi connectivity index (χ0) is 18.5. The molecule has 0 aliphatic carbocycles. The fourth-order valence-corrected chi connectivity index (χ4v) is 2.29. The van der Waals surface area contributed by atoms with Gasteiger partial charge in [0.15, 0.2) is 0 Å². The second kappa shape index (κ2) is 7.34. The quantitative estimate of drug-likeness (QED) is 0.553. The predicted octanol–water partition coefficient (Wildman–Crippen LogP) is 1.85. The molecule has 0 saturated carbocycles. The number of nitro groups is 1. The van der Waals surface area contributed by atoms with Crippen molar-refractivity contribution >= 4 is 17.3 Å². The zero-order valence-electron chi connectivity index (χ0n) is 13.4. The molecule has 9 nitrogen and oxygen atoms in total. The summed E-state index contributed by atoms with van der Waals surface area (Å²) in [6, 6.07) is 12.1. The van der Waals surface area contributed by atoms with Gasteiger partial charge in [-0.1, -0.05) is 12.1 Å². The maximum Gasteiger partial charge on any atom is 0.292 e. The first-order valence-corrected chi connectivity index (χ1v) is 7.56. The second-order valence-corrected chi connectivity index (χ2v) is 5.28. The molecule has 0 saturated heterocycles. The average Bonchev–Trinajstić information content (AvgIpc) is 2.64. The summed E-state index contributed by atoms with van der Waals surface area (Å²) in [6.45, 7) is -0.376. The Balaban J connectivity index is 1.82. The molecule has 0 spiro atoms. The molecule has 130 valence electrons. The van der Waals surface area contributed by atoms with Crippen LogP contribution in [0, 0.1) is 10.1 Å². The van der Waals surface area contributed by atoms with Gasteiger partial charge in [0.2, 0.25) is 5.91 Å². The predicted molar refractivity (Wildman–Crippen MR) is 93.5 cm³/mol. The number of hydrogen-bond donors (Lipinski definition) is 1. The van der Waals surface area contributed by atoms with Crippen LogP contribution < -0.4 is 10.9 Å². The van der Waals surface area contributed by atoms with Crippen LogP contribution in [0.25, 0.3) is 11.3 Å². The standard InChI is InChI=1S/C17H13N5O4/c23-16(19-14-5-1-2-6-15(14)22(25)26)11-21-17(24)8-7-13(20-21)12-4-3-9-18-10-12/h1-10H,11H2,(H,19,23). The molecule has 0 aliphatic heterocycles. The van der Waals surface area contributed by atoms with Crippen molar-refractivity contribution < 1.29 is 9.72 Å². The van der Waals surface area contributed by atoms with Crippen molar-refractivity contribution in [2.24, 2.45) is 0 Å². The Labute approximate surface area is 147 Å². The fraction of sp³-hybridized carbons (Fsp3) is 0.0588. The number of nitrogens with zero attached hydrogens (tertiary/aromatic N) is 4. The van der Waals surface area contributed by atoms with Crippen LogP contribution in [-0.4, -0.2) is 25.6 Å². The highest BCUT2D eigenvalue weighted by atomic mass is 16.6. The highest BCUT2D eigenvalue weighted by molar-refractivity contribution is 5.92. The van der Waals surface area contributed by atoms with Crippen LogP contribution in [0.3, 0.4) is 0 Å². The Hall–Kier alpha value is -3.88. The number of anilines is 1.